The number of nitrogens with one attached hydrogen (secondary N) is 1. The van der Waals surface area contributed by atoms with Crippen LogP contribution < -0.4 is 11.1 Å². The van der Waals surface area contributed by atoms with Crippen LogP contribution in [0.3, 0.4) is 0 Å². The Morgan fingerprint density at radius 3 is 3.07 bits per heavy atom. The second kappa shape index (κ2) is 7.37. The van der Waals surface area contributed by atoms with Gasteiger partial charge in [-0.1, -0.05) is 12.0 Å². The predicted octanol–water partition coefficient (Wildman–Crippen LogP) is 1.35. The van der Waals surface area contributed by atoms with Gasteiger partial charge in [-0.25, -0.2) is 9.50 Å². The SMILES string of the molecule is C#Cc1cccc(Nc2ncnn3ccc(CN4CC[C@H](N)[C@@H](O)C4)c23)c1. The van der Waals surface area contributed by atoms with E-state index in [0.29, 0.717) is 18.9 Å². The third-order valence-corrected chi connectivity index (χ3v) is 4.94. The van der Waals surface area contributed by atoms with Gasteiger partial charge < -0.3 is 16.2 Å². The minimum absolute atomic E-state index is 0.143. The van der Waals surface area contributed by atoms with Crippen molar-refractivity contribution in [1.82, 2.24) is 19.5 Å². The molecule has 27 heavy (non-hydrogen) atoms. The van der Waals surface area contributed by atoms with E-state index in [4.69, 9.17) is 12.2 Å². The molecule has 2 aromatic heterocycles. The number of aliphatic hydroxyl groups is 1. The molecule has 138 valence electrons. The Morgan fingerprint density at radius 1 is 1.37 bits per heavy atom. The van der Waals surface area contributed by atoms with Gasteiger partial charge in [-0.05, 0) is 36.2 Å². The molecule has 1 saturated heterocycles. The molecule has 7 heteroatoms. The van der Waals surface area contributed by atoms with E-state index in [0.717, 1.165) is 35.3 Å². The molecule has 3 heterocycles. The van der Waals surface area contributed by atoms with Crippen molar-refractivity contribution in [3.8, 4) is 12.3 Å². The lowest BCUT2D eigenvalue weighted by Gasteiger charge is -2.33. The Balaban J connectivity index is 1.62. The van der Waals surface area contributed by atoms with Crippen LogP contribution in [0.2, 0.25) is 0 Å². The second-order valence-corrected chi connectivity index (χ2v) is 6.85. The first-order valence-corrected chi connectivity index (χ1v) is 8.95. The third-order valence-electron chi connectivity index (χ3n) is 4.94. The molecule has 2 atom stereocenters. The molecule has 0 saturated carbocycles. The van der Waals surface area contributed by atoms with Crippen molar-refractivity contribution in [2.45, 2.75) is 25.1 Å². The lowest BCUT2D eigenvalue weighted by atomic mass is 10.0. The van der Waals surface area contributed by atoms with Crippen molar-refractivity contribution in [3.05, 3.63) is 54.0 Å². The van der Waals surface area contributed by atoms with E-state index < -0.39 is 6.10 Å². The van der Waals surface area contributed by atoms with Gasteiger partial charge in [-0.2, -0.15) is 5.10 Å². The summed E-state index contributed by atoms with van der Waals surface area (Å²) in [6.45, 7) is 2.13. The Morgan fingerprint density at radius 2 is 2.26 bits per heavy atom. The van der Waals surface area contributed by atoms with Crippen LogP contribution in [0.4, 0.5) is 11.5 Å². The summed E-state index contributed by atoms with van der Waals surface area (Å²) in [6.07, 6.45) is 9.23. The van der Waals surface area contributed by atoms with E-state index in [9.17, 15) is 5.11 Å². The van der Waals surface area contributed by atoms with Gasteiger partial charge in [0.15, 0.2) is 5.82 Å². The number of fused-ring (bicyclic) bond motifs is 1. The molecule has 0 unspecified atom stereocenters. The molecular formula is C20H22N6O. The Bertz CT molecular complexity index is 992. The van der Waals surface area contributed by atoms with Gasteiger partial charge in [0, 0.05) is 43.1 Å². The van der Waals surface area contributed by atoms with Crippen LogP contribution in [0.1, 0.15) is 17.5 Å². The highest BCUT2D eigenvalue weighted by atomic mass is 16.3. The van der Waals surface area contributed by atoms with Crippen LogP contribution in [0.5, 0.6) is 0 Å². The third kappa shape index (κ3) is 3.64. The number of nitrogens with two attached hydrogens (primary N) is 1. The number of terminal acetylenes is 1. The number of rotatable bonds is 4. The van der Waals surface area contributed by atoms with Crippen molar-refractivity contribution in [2.75, 3.05) is 18.4 Å². The van der Waals surface area contributed by atoms with Gasteiger partial charge in [0.2, 0.25) is 0 Å². The molecule has 0 spiro atoms. The summed E-state index contributed by atoms with van der Waals surface area (Å²) in [7, 11) is 0. The number of nitrogens with zero attached hydrogens (tertiary/aromatic N) is 4. The summed E-state index contributed by atoms with van der Waals surface area (Å²) in [5.41, 5.74) is 9.59. The number of aliphatic hydroxyl groups excluding tert-OH is 1. The summed E-state index contributed by atoms with van der Waals surface area (Å²) >= 11 is 0. The average Bonchev–Trinajstić information content (AvgIpc) is 3.09. The maximum absolute atomic E-state index is 10.1. The van der Waals surface area contributed by atoms with E-state index in [1.165, 1.54) is 6.33 Å². The number of benzene rings is 1. The highest BCUT2D eigenvalue weighted by molar-refractivity contribution is 5.76. The molecule has 1 fully saturated rings. The summed E-state index contributed by atoms with van der Waals surface area (Å²) < 4.78 is 1.81. The molecule has 0 radical (unpaired) electrons. The first-order chi connectivity index (χ1) is 13.1. The highest BCUT2D eigenvalue weighted by Gasteiger charge is 2.25. The van der Waals surface area contributed by atoms with Crippen molar-refractivity contribution in [2.24, 2.45) is 5.73 Å². The zero-order valence-corrected chi connectivity index (χ0v) is 14.9. The zero-order chi connectivity index (χ0) is 18.8. The molecule has 7 nitrogen and oxygen atoms in total. The van der Waals surface area contributed by atoms with Crippen molar-refractivity contribution in [3.63, 3.8) is 0 Å². The average molecular weight is 362 g/mol. The van der Waals surface area contributed by atoms with E-state index in [1.54, 1.807) is 0 Å². The maximum atomic E-state index is 10.1. The number of likely N-dealkylation sites (tertiary alicyclic amines) is 1. The Labute approximate surface area is 157 Å². The number of hydrogen-bond donors (Lipinski definition) is 3. The summed E-state index contributed by atoms with van der Waals surface area (Å²) in [4.78, 5) is 6.64. The van der Waals surface area contributed by atoms with Crippen LogP contribution in [0.25, 0.3) is 5.52 Å². The number of piperidine rings is 1. The van der Waals surface area contributed by atoms with E-state index in [1.807, 2.05) is 41.0 Å². The van der Waals surface area contributed by atoms with Gasteiger partial charge in [0.25, 0.3) is 0 Å². The lowest BCUT2D eigenvalue weighted by Crippen LogP contribution is -2.50. The fraction of sp³-hybridized carbons (Fsp3) is 0.300. The first-order valence-electron chi connectivity index (χ1n) is 8.95. The van der Waals surface area contributed by atoms with Gasteiger partial charge in [0.05, 0.1) is 6.10 Å². The molecule has 4 N–H and O–H groups in total. The van der Waals surface area contributed by atoms with E-state index in [-0.39, 0.29) is 6.04 Å². The van der Waals surface area contributed by atoms with Gasteiger partial charge in [-0.3, -0.25) is 4.90 Å². The standard InChI is InChI=1S/C20H22N6O/c1-2-14-4-3-5-16(10-14)24-20-19-15(6-9-26(19)23-13-22-20)11-25-8-7-17(21)18(27)12-25/h1,3-6,9-10,13,17-18,27H,7-8,11-12,21H2,(H,22,23,24)/t17-,18-/m0/s1. The number of anilines is 2. The molecular weight excluding hydrogens is 340 g/mol. The summed E-state index contributed by atoms with van der Waals surface area (Å²) in [5.74, 6) is 3.36. The largest absolute Gasteiger partial charge is 0.390 e. The number of aromatic nitrogens is 3. The minimum Gasteiger partial charge on any atom is -0.390 e. The quantitative estimate of drug-likeness (QED) is 0.607. The van der Waals surface area contributed by atoms with Crippen molar-refractivity contribution >= 4 is 17.0 Å². The number of β-amino-alcohol motifs (C(OH)–C–C–N with tert-alkyl or cyclic N) is 1. The zero-order valence-electron chi connectivity index (χ0n) is 14.9. The van der Waals surface area contributed by atoms with Crippen LogP contribution >= 0.6 is 0 Å². The monoisotopic (exact) mass is 362 g/mol. The van der Waals surface area contributed by atoms with E-state index >= 15 is 0 Å². The van der Waals surface area contributed by atoms with Crippen LogP contribution in [0.15, 0.2) is 42.9 Å². The summed E-state index contributed by atoms with van der Waals surface area (Å²) in [6, 6.07) is 9.54. The van der Waals surface area contributed by atoms with Crippen LogP contribution in [0, 0.1) is 12.3 Å². The number of hydrogen-bond acceptors (Lipinski definition) is 6. The first kappa shape index (κ1) is 17.5. The fourth-order valence-corrected chi connectivity index (χ4v) is 3.46. The topological polar surface area (TPSA) is 91.7 Å². The van der Waals surface area contributed by atoms with Crippen molar-refractivity contribution in [1.29, 1.82) is 0 Å². The van der Waals surface area contributed by atoms with E-state index in [2.05, 4.69) is 26.2 Å². The normalized spacial score (nSPS) is 20.5. The summed E-state index contributed by atoms with van der Waals surface area (Å²) in [5, 5.41) is 17.7. The molecule has 1 aromatic carbocycles. The molecule has 0 aliphatic carbocycles. The second-order valence-electron chi connectivity index (χ2n) is 6.85. The van der Waals surface area contributed by atoms with Crippen LogP contribution in [-0.2, 0) is 6.54 Å². The van der Waals surface area contributed by atoms with Gasteiger partial charge in [-0.15, -0.1) is 6.42 Å². The Kier molecular flexibility index (Phi) is 4.77. The predicted molar refractivity (Wildman–Crippen MR) is 105 cm³/mol. The molecule has 0 amide bonds. The van der Waals surface area contributed by atoms with Crippen LogP contribution in [-0.4, -0.2) is 49.8 Å². The lowest BCUT2D eigenvalue weighted by molar-refractivity contribution is 0.0501. The smallest absolute Gasteiger partial charge is 0.158 e. The van der Waals surface area contributed by atoms with Gasteiger partial charge in [0.1, 0.15) is 11.8 Å². The fourth-order valence-electron chi connectivity index (χ4n) is 3.46. The van der Waals surface area contributed by atoms with Crippen molar-refractivity contribution < 1.29 is 5.11 Å². The highest BCUT2D eigenvalue weighted by Crippen LogP contribution is 2.25. The molecule has 1 aliphatic heterocycles. The Hall–Kier alpha value is -2.92. The molecule has 1 aliphatic rings. The molecule has 4 rings (SSSR count). The molecule has 3 aromatic rings. The minimum atomic E-state index is -0.493. The molecule has 0 bridgehead atoms. The van der Waals surface area contributed by atoms with Gasteiger partial charge >= 0.3 is 0 Å². The maximum Gasteiger partial charge on any atom is 0.158 e.